The van der Waals surface area contributed by atoms with Crippen molar-refractivity contribution < 1.29 is 29.0 Å². The number of benzene rings is 4. The molecule has 10 nitrogen and oxygen atoms in total. The first-order valence-electron chi connectivity index (χ1n) is 13.5. The van der Waals surface area contributed by atoms with E-state index in [1.54, 1.807) is 61.7 Å². The Labute approximate surface area is 267 Å². The first kappa shape index (κ1) is 31.1. The first-order chi connectivity index (χ1) is 21.8. The van der Waals surface area contributed by atoms with Crippen molar-refractivity contribution in [3.63, 3.8) is 0 Å². The number of rotatable bonds is 11. The normalized spacial score (nSPS) is 11.1. The topological polar surface area (TPSA) is 139 Å². The van der Waals surface area contributed by atoms with Crippen molar-refractivity contribution in [3.05, 3.63) is 108 Å². The van der Waals surface area contributed by atoms with Gasteiger partial charge in [0.2, 0.25) is 5.91 Å². The molecule has 5 rings (SSSR count). The minimum atomic E-state index is -0.582. The summed E-state index contributed by atoms with van der Waals surface area (Å²) >= 11 is 2.66. The SMILES string of the molecule is COc1ccc2nc(NC(=O)CSc3cccc(NC(=O)/C(=C\c4ccc(O)cc4OC)NC(=O)c4ccccc4)c3)sc2c1. The minimum absolute atomic E-state index is 0.00735. The lowest BCUT2D eigenvalue weighted by Crippen LogP contribution is -2.30. The highest BCUT2D eigenvalue weighted by Crippen LogP contribution is 2.30. The maximum Gasteiger partial charge on any atom is 0.272 e. The number of carbonyl (C=O) groups is 3. The second-order valence-corrected chi connectivity index (χ2v) is 11.6. The summed E-state index contributed by atoms with van der Waals surface area (Å²) in [5, 5.41) is 18.7. The van der Waals surface area contributed by atoms with Crippen LogP contribution in [0.3, 0.4) is 0 Å². The summed E-state index contributed by atoms with van der Waals surface area (Å²) in [6, 6.07) is 25.5. The number of fused-ring (bicyclic) bond motifs is 1. The van der Waals surface area contributed by atoms with E-state index in [2.05, 4.69) is 20.9 Å². The van der Waals surface area contributed by atoms with Crippen molar-refractivity contribution in [2.24, 2.45) is 0 Å². The highest BCUT2D eigenvalue weighted by Gasteiger charge is 2.17. The van der Waals surface area contributed by atoms with E-state index in [-0.39, 0.29) is 23.1 Å². The number of nitrogens with zero attached hydrogens (tertiary/aromatic N) is 1. The molecule has 0 saturated carbocycles. The van der Waals surface area contributed by atoms with E-state index in [0.29, 0.717) is 33.4 Å². The number of phenolic OH excluding ortho intramolecular Hbond substituents is 1. The van der Waals surface area contributed by atoms with Gasteiger partial charge in [0.05, 0.1) is 30.2 Å². The zero-order chi connectivity index (χ0) is 31.8. The van der Waals surface area contributed by atoms with Gasteiger partial charge in [0.1, 0.15) is 22.9 Å². The van der Waals surface area contributed by atoms with Crippen LogP contribution in [0, 0.1) is 0 Å². The number of ether oxygens (including phenoxy) is 2. The molecule has 0 atom stereocenters. The molecule has 45 heavy (non-hydrogen) atoms. The molecule has 0 bridgehead atoms. The van der Waals surface area contributed by atoms with E-state index in [1.807, 2.05) is 24.3 Å². The number of hydrogen-bond donors (Lipinski definition) is 4. The Balaban J connectivity index is 1.27. The number of amides is 3. The molecule has 0 spiro atoms. The lowest BCUT2D eigenvalue weighted by Gasteiger charge is -2.13. The summed E-state index contributed by atoms with van der Waals surface area (Å²) in [5.74, 6) is -0.136. The Morgan fingerprint density at radius 2 is 1.73 bits per heavy atom. The second kappa shape index (κ2) is 14.4. The summed E-state index contributed by atoms with van der Waals surface area (Å²) in [5.41, 5.74) is 2.03. The Hall–Kier alpha value is -5.33. The standard InChI is InChI=1S/C33H28N4O6S2/c1-42-24-13-14-26-29(18-24)45-33(36-26)37-30(39)19-44-25-10-6-9-22(16-25)34-32(41)27(35-31(40)20-7-4-3-5-8-20)15-21-11-12-23(38)17-28(21)43-2/h3-18,38H,19H2,1-2H3,(H,34,41)(H,35,40)(H,36,37,39)/b27-15+. The van der Waals surface area contributed by atoms with Gasteiger partial charge in [-0.3, -0.25) is 14.4 Å². The lowest BCUT2D eigenvalue weighted by molar-refractivity contribution is -0.114. The summed E-state index contributed by atoms with van der Waals surface area (Å²) in [6.45, 7) is 0. The molecule has 0 fully saturated rings. The van der Waals surface area contributed by atoms with Gasteiger partial charge in [0.25, 0.3) is 11.8 Å². The van der Waals surface area contributed by atoms with Gasteiger partial charge in [-0.15, -0.1) is 11.8 Å². The van der Waals surface area contributed by atoms with Crippen LogP contribution in [0.1, 0.15) is 15.9 Å². The summed E-state index contributed by atoms with van der Waals surface area (Å²) in [6.07, 6.45) is 1.47. The average molecular weight is 641 g/mol. The summed E-state index contributed by atoms with van der Waals surface area (Å²) in [4.78, 5) is 44.3. The van der Waals surface area contributed by atoms with Crippen molar-refractivity contribution >= 4 is 67.9 Å². The van der Waals surface area contributed by atoms with Crippen molar-refractivity contribution in [2.45, 2.75) is 4.90 Å². The highest BCUT2D eigenvalue weighted by atomic mass is 32.2. The van der Waals surface area contributed by atoms with Gasteiger partial charge in [-0.25, -0.2) is 4.98 Å². The monoisotopic (exact) mass is 640 g/mol. The molecule has 0 aliphatic rings. The molecule has 12 heteroatoms. The van der Waals surface area contributed by atoms with Gasteiger partial charge in [0.15, 0.2) is 5.13 Å². The lowest BCUT2D eigenvalue weighted by atomic mass is 10.1. The molecular formula is C33H28N4O6S2. The predicted octanol–water partition coefficient (Wildman–Crippen LogP) is 6.16. The molecule has 0 radical (unpaired) electrons. The van der Waals surface area contributed by atoms with E-state index in [9.17, 15) is 19.5 Å². The number of anilines is 2. The average Bonchev–Trinajstić information content (AvgIpc) is 3.46. The quantitative estimate of drug-likeness (QED) is 0.0995. The van der Waals surface area contributed by atoms with Gasteiger partial charge in [-0.2, -0.15) is 0 Å². The van der Waals surface area contributed by atoms with Crippen LogP contribution in [0.2, 0.25) is 0 Å². The molecule has 0 aliphatic carbocycles. The number of thioether (sulfide) groups is 1. The molecule has 1 heterocycles. The fraction of sp³-hybridized carbons (Fsp3) is 0.0909. The highest BCUT2D eigenvalue weighted by molar-refractivity contribution is 8.00. The van der Waals surface area contributed by atoms with Gasteiger partial charge >= 0.3 is 0 Å². The Bertz CT molecular complexity index is 1890. The van der Waals surface area contributed by atoms with Crippen LogP contribution in [0.5, 0.6) is 17.2 Å². The van der Waals surface area contributed by atoms with Crippen LogP contribution >= 0.6 is 23.1 Å². The number of thiazole rings is 1. The number of aromatic hydroxyl groups is 1. The third kappa shape index (κ3) is 8.19. The summed E-state index contributed by atoms with van der Waals surface area (Å²) in [7, 11) is 3.03. The number of carbonyl (C=O) groups excluding carboxylic acids is 3. The van der Waals surface area contributed by atoms with E-state index < -0.39 is 11.8 Å². The number of aromatic nitrogens is 1. The fourth-order valence-electron chi connectivity index (χ4n) is 4.17. The van der Waals surface area contributed by atoms with Crippen LogP contribution in [-0.4, -0.2) is 47.8 Å². The molecular weight excluding hydrogens is 613 g/mol. The van der Waals surface area contributed by atoms with Crippen molar-refractivity contribution in [1.82, 2.24) is 10.3 Å². The van der Waals surface area contributed by atoms with Crippen molar-refractivity contribution in [2.75, 3.05) is 30.6 Å². The van der Waals surface area contributed by atoms with E-state index in [1.165, 1.54) is 48.4 Å². The van der Waals surface area contributed by atoms with Gasteiger partial charge in [-0.1, -0.05) is 35.6 Å². The molecule has 0 aliphatic heterocycles. The third-order valence-corrected chi connectivity index (χ3v) is 8.28. The third-order valence-electron chi connectivity index (χ3n) is 6.35. The Kier molecular flexibility index (Phi) is 9.97. The van der Waals surface area contributed by atoms with Crippen LogP contribution in [0.25, 0.3) is 16.3 Å². The molecule has 3 amide bonds. The molecule has 1 aromatic heterocycles. The van der Waals surface area contributed by atoms with Gasteiger partial charge < -0.3 is 30.5 Å². The van der Waals surface area contributed by atoms with E-state index >= 15 is 0 Å². The zero-order valence-electron chi connectivity index (χ0n) is 24.2. The maximum absolute atomic E-state index is 13.5. The smallest absolute Gasteiger partial charge is 0.272 e. The Morgan fingerprint density at radius 3 is 2.51 bits per heavy atom. The molecule has 4 aromatic carbocycles. The first-order valence-corrected chi connectivity index (χ1v) is 15.4. The van der Waals surface area contributed by atoms with Crippen LogP contribution in [-0.2, 0) is 9.59 Å². The number of methoxy groups -OCH3 is 2. The van der Waals surface area contributed by atoms with Gasteiger partial charge in [-0.05, 0) is 66.7 Å². The van der Waals surface area contributed by atoms with Crippen LogP contribution in [0.4, 0.5) is 10.8 Å². The van der Waals surface area contributed by atoms with E-state index in [4.69, 9.17) is 9.47 Å². The predicted molar refractivity (Wildman–Crippen MR) is 177 cm³/mol. The zero-order valence-corrected chi connectivity index (χ0v) is 25.8. The number of nitrogens with one attached hydrogen (secondary N) is 3. The molecule has 4 N–H and O–H groups in total. The fourth-order valence-corrected chi connectivity index (χ4v) is 5.83. The van der Waals surface area contributed by atoms with E-state index in [0.717, 1.165) is 15.1 Å². The van der Waals surface area contributed by atoms with Gasteiger partial charge in [0, 0.05) is 27.8 Å². The number of phenols is 1. The largest absolute Gasteiger partial charge is 0.508 e. The maximum atomic E-state index is 13.5. The van der Waals surface area contributed by atoms with Crippen LogP contribution in [0.15, 0.2) is 102 Å². The Morgan fingerprint density at radius 1 is 0.911 bits per heavy atom. The second-order valence-electron chi connectivity index (χ2n) is 9.48. The molecule has 0 saturated heterocycles. The number of hydrogen-bond acceptors (Lipinski definition) is 9. The molecule has 228 valence electrons. The van der Waals surface area contributed by atoms with Crippen molar-refractivity contribution in [1.29, 1.82) is 0 Å². The van der Waals surface area contributed by atoms with Crippen molar-refractivity contribution in [3.8, 4) is 17.2 Å². The van der Waals surface area contributed by atoms with Crippen LogP contribution < -0.4 is 25.4 Å². The summed E-state index contributed by atoms with van der Waals surface area (Å²) < 4.78 is 11.5. The molecule has 5 aromatic rings. The minimum Gasteiger partial charge on any atom is -0.508 e. The molecule has 0 unspecified atom stereocenters.